The number of hydrogen-bond acceptors (Lipinski definition) is 3. The van der Waals surface area contributed by atoms with E-state index < -0.39 is 6.04 Å². The Morgan fingerprint density at radius 2 is 1.84 bits per heavy atom. The van der Waals surface area contributed by atoms with Crippen molar-refractivity contribution in [3.63, 3.8) is 0 Å². The van der Waals surface area contributed by atoms with E-state index in [4.69, 9.17) is 40.5 Å². The van der Waals surface area contributed by atoms with Crippen LogP contribution in [0.1, 0.15) is 37.3 Å². The number of hydrogen-bond donors (Lipinski definition) is 1. The van der Waals surface area contributed by atoms with Gasteiger partial charge in [-0.1, -0.05) is 34.8 Å². The predicted molar refractivity (Wildman–Crippen MR) is 77.9 cm³/mol. The molecule has 1 atom stereocenters. The summed E-state index contributed by atoms with van der Waals surface area (Å²) in [5.41, 5.74) is 7.43. The second-order valence-corrected chi connectivity index (χ2v) is 5.67. The van der Waals surface area contributed by atoms with E-state index in [1.807, 2.05) is 13.8 Å². The van der Waals surface area contributed by atoms with Crippen LogP contribution < -0.4 is 5.73 Å². The SMILES string of the molecule is CC(C)n1ncc(Cl)c1C(N)c1ncc(Cl)cc1Cl. The highest BCUT2D eigenvalue weighted by Crippen LogP contribution is 2.31. The fourth-order valence-corrected chi connectivity index (χ4v) is 2.58. The molecule has 4 nitrogen and oxygen atoms in total. The van der Waals surface area contributed by atoms with Gasteiger partial charge < -0.3 is 5.73 Å². The molecular weight excluding hydrogens is 307 g/mol. The summed E-state index contributed by atoms with van der Waals surface area (Å²) in [6.45, 7) is 3.99. The average Bonchev–Trinajstić information content (AvgIpc) is 2.70. The van der Waals surface area contributed by atoms with Crippen LogP contribution in [0.4, 0.5) is 0 Å². The maximum absolute atomic E-state index is 6.22. The van der Waals surface area contributed by atoms with Gasteiger partial charge in [0.15, 0.2) is 0 Å². The summed E-state index contributed by atoms with van der Waals surface area (Å²) in [5, 5.41) is 5.58. The van der Waals surface area contributed by atoms with Crippen LogP contribution in [-0.2, 0) is 0 Å². The van der Waals surface area contributed by atoms with Gasteiger partial charge in [-0.3, -0.25) is 9.67 Å². The lowest BCUT2D eigenvalue weighted by molar-refractivity contribution is 0.497. The van der Waals surface area contributed by atoms with Crippen LogP contribution in [0.25, 0.3) is 0 Å². The Balaban J connectivity index is 2.49. The van der Waals surface area contributed by atoms with Crippen LogP contribution >= 0.6 is 34.8 Å². The highest BCUT2D eigenvalue weighted by molar-refractivity contribution is 6.35. The van der Waals surface area contributed by atoms with Gasteiger partial charge in [0.2, 0.25) is 0 Å². The highest BCUT2D eigenvalue weighted by atomic mass is 35.5. The maximum Gasteiger partial charge on any atom is 0.0927 e. The zero-order valence-corrected chi connectivity index (χ0v) is 12.7. The third-order valence-electron chi connectivity index (χ3n) is 2.70. The Kier molecular flexibility index (Phi) is 4.36. The van der Waals surface area contributed by atoms with Gasteiger partial charge >= 0.3 is 0 Å². The smallest absolute Gasteiger partial charge is 0.0927 e. The van der Waals surface area contributed by atoms with Crippen LogP contribution in [0.15, 0.2) is 18.5 Å². The third-order valence-corrected chi connectivity index (χ3v) is 3.50. The van der Waals surface area contributed by atoms with Crippen molar-refractivity contribution in [2.45, 2.75) is 25.9 Å². The lowest BCUT2D eigenvalue weighted by Crippen LogP contribution is -2.20. The van der Waals surface area contributed by atoms with Crippen LogP contribution in [-0.4, -0.2) is 14.8 Å². The number of halogens is 3. The Morgan fingerprint density at radius 3 is 2.42 bits per heavy atom. The number of nitrogens with zero attached hydrogens (tertiary/aromatic N) is 3. The molecule has 19 heavy (non-hydrogen) atoms. The van der Waals surface area contributed by atoms with Crippen LogP contribution in [0.3, 0.4) is 0 Å². The molecule has 2 aromatic heterocycles. The van der Waals surface area contributed by atoms with E-state index in [1.165, 1.54) is 6.20 Å². The molecule has 2 heterocycles. The first-order valence-electron chi connectivity index (χ1n) is 5.71. The average molecular weight is 320 g/mol. The van der Waals surface area contributed by atoms with Gasteiger partial charge in [0.1, 0.15) is 0 Å². The van der Waals surface area contributed by atoms with Gasteiger partial charge in [0.05, 0.1) is 38.7 Å². The van der Waals surface area contributed by atoms with Crippen molar-refractivity contribution in [1.82, 2.24) is 14.8 Å². The molecule has 0 aliphatic heterocycles. The summed E-state index contributed by atoms with van der Waals surface area (Å²) in [4.78, 5) is 4.19. The van der Waals surface area contributed by atoms with Crippen molar-refractivity contribution < 1.29 is 0 Å². The number of aromatic nitrogens is 3. The summed E-state index contributed by atoms with van der Waals surface area (Å²) in [6, 6.07) is 1.19. The zero-order valence-electron chi connectivity index (χ0n) is 10.4. The van der Waals surface area contributed by atoms with Crippen LogP contribution in [0.5, 0.6) is 0 Å². The van der Waals surface area contributed by atoms with E-state index in [-0.39, 0.29) is 6.04 Å². The minimum atomic E-state index is -0.554. The Labute approximate surface area is 126 Å². The number of pyridine rings is 1. The van der Waals surface area contributed by atoms with Crippen molar-refractivity contribution in [3.05, 3.63) is 44.9 Å². The van der Waals surface area contributed by atoms with Crippen molar-refractivity contribution in [2.24, 2.45) is 5.73 Å². The normalized spacial score (nSPS) is 13.0. The molecule has 2 aromatic rings. The number of rotatable bonds is 3. The molecule has 0 fully saturated rings. The Morgan fingerprint density at radius 1 is 1.16 bits per heavy atom. The lowest BCUT2D eigenvalue weighted by Gasteiger charge is -2.17. The second-order valence-electron chi connectivity index (χ2n) is 4.41. The molecule has 102 valence electrons. The fraction of sp³-hybridized carbons (Fsp3) is 0.333. The Bertz CT molecular complexity index is 595. The summed E-state index contributed by atoms with van der Waals surface area (Å²) >= 11 is 18.1. The van der Waals surface area contributed by atoms with Crippen molar-refractivity contribution in [2.75, 3.05) is 0 Å². The van der Waals surface area contributed by atoms with E-state index in [0.29, 0.717) is 26.5 Å². The molecule has 0 aliphatic rings. The first-order valence-corrected chi connectivity index (χ1v) is 6.84. The fourth-order valence-electron chi connectivity index (χ4n) is 1.84. The molecule has 2 rings (SSSR count). The highest BCUT2D eigenvalue weighted by Gasteiger charge is 2.23. The van der Waals surface area contributed by atoms with Gasteiger partial charge in [0, 0.05) is 12.2 Å². The molecular formula is C12H13Cl3N4. The van der Waals surface area contributed by atoms with E-state index in [9.17, 15) is 0 Å². The van der Waals surface area contributed by atoms with Crippen LogP contribution in [0.2, 0.25) is 15.1 Å². The van der Waals surface area contributed by atoms with Crippen LogP contribution in [0, 0.1) is 0 Å². The molecule has 0 saturated heterocycles. The topological polar surface area (TPSA) is 56.7 Å². The minimum Gasteiger partial charge on any atom is -0.318 e. The van der Waals surface area contributed by atoms with Gasteiger partial charge in [-0.15, -0.1) is 0 Å². The molecule has 7 heteroatoms. The van der Waals surface area contributed by atoms with E-state index in [1.54, 1.807) is 16.9 Å². The Hall–Kier alpha value is -0.810. The second kappa shape index (κ2) is 5.67. The predicted octanol–water partition coefficient (Wildman–Crippen LogP) is 3.87. The molecule has 2 N–H and O–H groups in total. The molecule has 0 aromatic carbocycles. The van der Waals surface area contributed by atoms with Gasteiger partial charge in [-0.05, 0) is 19.9 Å². The van der Waals surface area contributed by atoms with E-state index in [0.717, 1.165) is 0 Å². The van der Waals surface area contributed by atoms with Gasteiger partial charge in [0.25, 0.3) is 0 Å². The maximum atomic E-state index is 6.22. The monoisotopic (exact) mass is 318 g/mol. The van der Waals surface area contributed by atoms with Crippen molar-refractivity contribution >= 4 is 34.8 Å². The molecule has 0 saturated carbocycles. The largest absolute Gasteiger partial charge is 0.318 e. The quantitative estimate of drug-likeness (QED) is 0.934. The summed E-state index contributed by atoms with van der Waals surface area (Å²) in [5.74, 6) is 0. The molecule has 0 bridgehead atoms. The summed E-state index contributed by atoms with van der Waals surface area (Å²) < 4.78 is 1.76. The van der Waals surface area contributed by atoms with Crippen molar-refractivity contribution in [1.29, 1.82) is 0 Å². The standard InChI is InChI=1S/C12H13Cl3N4/c1-6(2)19-12(9(15)5-18-19)10(16)11-8(14)3-7(13)4-17-11/h3-6,10H,16H2,1-2H3. The van der Waals surface area contributed by atoms with E-state index >= 15 is 0 Å². The number of nitrogens with two attached hydrogens (primary N) is 1. The lowest BCUT2D eigenvalue weighted by atomic mass is 10.1. The molecule has 0 spiro atoms. The van der Waals surface area contributed by atoms with E-state index in [2.05, 4.69) is 10.1 Å². The first-order chi connectivity index (χ1) is 8.91. The first kappa shape index (κ1) is 14.6. The molecule has 0 aliphatic carbocycles. The third kappa shape index (κ3) is 2.87. The minimum absolute atomic E-state index is 0.139. The summed E-state index contributed by atoms with van der Waals surface area (Å²) in [6.07, 6.45) is 3.08. The molecule has 0 amide bonds. The summed E-state index contributed by atoms with van der Waals surface area (Å²) in [7, 11) is 0. The van der Waals surface area contributed by atoms with Gasteiger partial charge in [-0.25, -0.2) is 0 Å². The molecule has 1 unspecified atom stereocenters. The zero-order chi connectivity index (χ0) is 14.2. The van der Waals surface area contributed by atoms with Gasteiger partial charge in [-0.2, -0.15) is 5.10 Å². The van der Waals surface area contributed by atoms with Crippen molar-refractivity contribution in [3.8, 4) is 0 Å². The molecule has 0 radical (unpaired) electrons.